The lowest BCUT2D eigenvalue weighted by Gasteiger charge is -2.30. The van der Waals surface area contributed by atoms with Crippen LogP contribution < -0.4 is 10.6 Å². The van der Waals surface area contributed by atoms with E-state index in [4.69, 9.17) is 10.5 Å². The lowest BCUT2D eigenvalue weighted by Crippen LogP contribution is -2.37. The van der Waals surface area contributed by atoms with Crippen molar-refractivity contribution in [2.45, 2.75) is 46.6 Å². The molecule has 5 heteroatoms. The second-order valence-electron chi connectivity index (χ2n) is 5.16. The second kappa shape index (κ2) is 6.70. The summed E-state index contributed by atoms with van der Waals surface area (Å²) in [6.45, 7) is 11.9. The number of methoxy groups -OCH3 is 1. The topological polar surface area (TPSA) is 64.3 Å². The molecule has 0 bridgehead atoms. The molecule has 5 nitrogen and oxygen atoms in total. The highest BCUT2D eigenvalue weighted by Crippen LogP contribution is 2.25. The van der Waals surface area contributed by atoms with E-state index in [1.165, 1.54) is 0 Å². The maximum Gasteiger partial charge on any atom is 0.137 e. The number of hydrogen-bond donors (Lipinski definition) is 1. The normalized spacial score (nSPS) is 12.8. The van der Waals surface area contributed by atoms with Gasteiger partial charge in [-0.3, -0.25) is 0 Å². The van der Waals surface area contributed by atoms with E-state index in [2.05, 4.69) is 42.6 Å². The lowest BCUT2D eigenvalue weighted by atomic mass is 10.2. The van der Waals surface area contributed by atoms with Gasteiger partial charge in [-0.05, 0) is 20.8 Å². The van der Waals surface area contributed by atoms with E-state index in [1.807, 2.05) is 6.92 Å². The maximum atomic E-state index is 6.02. The first-order chi connectivity index (χ1) is 8.92. The Bertz CT molecular complexity index is 420. The van der Waals surface area contributed by atoms with Gasteiger partial charge >= 0.3 is 0 Å². The van der Waals surface area contributed by atoms with Gasteiger partial charge in [0.1, 0.15) is 17.5 Å². The summed E-state index contributed by atoms with van der Waals surface area (Å²) in [5.74, 6) is 2.54. The quantitative estimate of drug-likeness (QED) is 0.856. The number of aromatic nitrogens is 2. The van der Waals surface area contributed by atoms with Crippen molar-refractivity contribution in [2.24, 2.45) is 0 Å². The number of rotatable bonds is 6. The van der Waals surface area contributed by atoms with Crippen molar-refractivity contribution in [3.63, 3.8) is 0 Å². The van der Waals surface area contributed by atoms with Crippen LogP contribution in [0.3, 0.4) is 0 Å². The van der Waals surface area contributed by atoms with Gasteiger partial charge in [0, 0.05) is 25.1 Å². The predicted octanol–water partition coefficient (Wildman–Crippen LogP) is 2.35. The van der Waals surface area contributed by atoms with Crippen LogP contribution in [0.15, 0.2) is 0 Å². The molecule has 1 aromatic heterocycles. The standard InChI is InChI=1S/C14H26N4O/c1-7-18(10(4)8-19-6)14-11(5)12(15)16-13(17-14)9(2)3/h9-10H,7-8H2,1-6H3,(H2,15,16,17). The van der Waals surface area contributed by atoms with Crippen molar-refractivity contribution < 1.29 is 4.74 Å². The minimum Gasteiger partial charge on any atom is -0.383 e. The molecular formula is C14H26N4O. The summed E-state index contributed by atoms with van der Waals surface area (Å²) in [5.41, 5.74) is 6.96. The first kappa shape index (κ1) is 15.7. The van der Waals surface area contributed by atoms with Crippen molar-refractivity contribution in [2.75, 3.05) is 30.9 Å². The summed E-state index contributed by atoms with van der Waals surface area (Å²) < 4.78 is 5.24. The Balaban J connectivity index is 3.22. The van der Waals surface area contributed by atoms with Gasteiger partial charge in [0.2, 0.25) is 0 Å². The average molecular weight is 266 g/mol. The van der Waals surface area contributed by atoms with Crippen molar-refractivity contribution in [1.29, 1.82) is 0 Å². The molecule has 0 aliphatic rings. The Kier molecular flexibility index (Phi) is 5.54. The summed E-state index contributed by atoms with van der Waals surface area (Å²) in [4.78, 5) is 11.3. The molecule has 1 unspecified atom stereocenters. The molecule has 0 aromatic carbocycles. The summed E-state index contributed by atoms with van der Waals surface area (Å²) in [5, 5.41) is 0. The Morgan fingerprint density at radius 1 is 1.26 bits per heavy atom. The Morgan fingerprint density at radius 3 is 2.37 bits per heavy atom. The molecule has 1 rings (SSSR count). The van der Waals surface area contributed by atoms with Gasteiger partial charge in [0.15, 0.2) is 0 Å². The zero-order chi connectivity index (χ0) is 14.6. The third kappa shape index (κ3) is 3.56. The fourth-order valence-electron chi connectivity index (χ4n) is 2.08. The molecule has 0 spiro atoms. The van der Waals surface area contributed by atoms with Gasteiger partial charge in [-0.15, -0.1) is 0 Å². The van der Waals surface area contributed by atoms with Gasteiger partial charge in [0.25, 0.3) is 0 Å². The number of nitrogens with zero attached hydrogens (tertiary/aromatic N) is 3. The molecule has 0 radical (unpaired) electrons. The molecule has 0 amide bonds. The van der Waals surface area contributed by atoms with Crippen molar-refractivity contribution in [3.8, 4) is 0 Å². The fourth-order valence-corrected chi connectivity index (χ4v) is 2.08. The molecule has 2 N–H and O–H groups in total. The van der Waals surface area contributed by atoms with E-state index in [0.717, 1.165) is 23.8 Å². The second-order valence-corrected chi connectivity index (χ2v) is 5.16. The molecule has 1 atom stereocenters. The molecule has 0 saturated heterocycles. The molecule has 0 saturated carbocycles. The molecule has 108 valence electrons. The van der Waals surface area contributed by atoms with E-state index >= 15 is 0 Å². The number of nitrogen functional groups attached to an aromatic ring is 1. The highest BCUT2D eigenvalue weighted by molar-refractivity contribution is 5.57. The van der Waals surface area contributed by atoms with E-state index in [0.29, 0.717) is 12.4 Å². The smallest absolute Gasteiger partial charge is 0.137 e. The Labute approximate surface area is 116 Å². The molecule has 0 fully saturated rings. The van der Waals surface area contributed by atoms with Crippen LogP contribution in [0.1, 0.15) is 45.0 Å². The fraction of sp³-hybridized carbons (Fsp3) is 0.714. The zero-order valence-electron chi connectivity index (χ0n) is 12.9. The first-order valence-corrected chi connectivity index (χ1v) is 6.81. The third-order valence-corrected chi connectivity index (χ3v) is 3.24. The summed E-state index contributed by atoms with van der Waals surface area (Å²) in [6.07, 6.45) is 0. The molecule has 0 aliphatic carbocycles. The van der Waals surface area contributed by atoms with Crippen LogP contribution >= 0.6 is 0 Å². The Hall–Kier alpha value is -1.36. The van der Waals surface area contributed by atoms with Gasteiger partial charge in [0.05, 0.1) is 12.6 Å². The van der Waals surface area contributed by atoms with E-state index in [9.17, 15) is 0 Å². The van der Waals surface area contributed by atoms with Gasteiger partial charge in [-0.25, -0.2) is 9.97 Å². The predicted molar refractivity (Wildman–Crippen MR) is 79.6 cm³/mol. The number of anilines is 2. The third-order valence-electron chi connectivity index (χ3n) is 3.24. The minimum atomic E-state index is 0.253. The van der Waals surface area contributed by atoms with Crippen LogP contribution in [0.2, 0.25) is 0 Å². The summed E-state index contributed by atoms with van der Waals surface area (Å²) >= 11 is 0. The largest absolute Gasteiger partial charge is 0.383 e. The lowest BCUT2D eigenvalue weighted by molar-refractivity contribution is 0.181. The van der Waals surface area contributed by atoms with Gasteiger partial charge in [-0.1, -0.05) is 13.8 Å². The van der Waals surface area contributed by atoms with Crippen molar-refractivity contribution in [3.05, 3.63) is 11.4 Å². The first-order valence-electron chi connectivity index (χ1n) is 6.81. The number of likely N-dealkylation sites (N-methyl/N-ethyl adjacent to an activating group) is 1. The van der Waals surface area contributed by atoms with Crippen LogP contribution in [-0.2, 0) is 4.74 Å². The SMILES string of the molecule is CCN(c1nc(C(C)C)nc(N)c1C)C(C)COC. The number of hydrogen-bond acceptors (Lipinski definition) is 5. The summed E-state index contributed by atoms with van der Waals surface area (Å²) in [6, 6.07) is 0.253. The van der Waals surface area contributed by atoms with Crippen LogP contribution in [0, 0.1) is 6.92 Å². The molecule has 1 aromatic rings. The van der Waals surface area contributed by atoms with Gasteiger partial charge in [-0.2, -0.15) is 0 Å². The van der Waals surface area contributed by atoms with Crippen LogP contribution in [0.25, 0.3) is 0 Å². The van der Waals surface area contributed by atoms with Crippen molar-refractivity contribution >= 4 is 11.6 Å². The molecule has 19 heavy (non-hydrogen) atoms. The Morgan fingerprint density at radius 2 is 1.89 bits per heavy atom. The van der Waals surface area contributed by atoms with Crippen LogP contribution in [0.5, 0.6) is 0 Å². The number of ether oxygens (including phenoxy) is 1. The number of nitrogens with two attached hydrogens (primary N) is 1. The highest BCUT2D eigenvalue weighted by atomic mass is 16.5. The van der Waals surface area contributed by atoms with Crippen LogP contribution in [-0.4, -0.2) is 36.3 Å². The monoisotopic (exact) mass is 266 g/mol. The minimum absolute atomic E-state index is 0.253. The zero-order valence-corrected chi connectivity index (χ0v) is 12.9. The average Bonchev–Trinajstić information content (AvgIpc) is 2.35. The molecule has 1 heterocycles. The van der Waals surface area contributed by atoms with Crippen molar-refractivity contribution in [1.82, 2.24) is 9.97 Å². The van der Waals surface area contributed by atoms with Gasteiger partial charge < -0.3 is 15.4 Å². The molecule has 0 aliphatic heterocycles. The van der Waals surface area contributed by atoms with E-state index < -0.39 is 0 Å². The van der Waals surface area contributed by atoms with Crippen LogP contribution in [0.4, 0.5) is 11.6 Å². The van der Waals surface area contributed by atoms with E-state index in [-0.39, 0.29) is 12.0 Å². The molecular weight excluding hydrogens is 240 g/mol. The summed E-state index contributed by atoms with van der Waals surface area (Å²) in [7, 11) is 1.71. The van der Waals surface area contributed by atoms with E-state index in [1.54, 1.807) is 7.11 Å². The maximum absolute atomic E-state index is 6.02. The highest BCUT2D eigenvalue weighted by Gasteiger charge is 2.19.